The van der Waals surface area contributed by atoms with E-state index >= 15 is 0 Å². The molecule has 5 heteroatoms. The number of carbonyl (C=O) groups is 2. The van der Waals surface area contributed by atoms with Crippen LogP contribution >= 0.6 is 11.3 Å². The highest BCUT2D eigenvalue weighted by Gasteiger charge is 2.07. The number of thiophene rings is 1. The molecule has 0 spiro atoms. The lowest BCUT2D eigenvalue weighted by Crippen LogP contribution is -2.07. The van der Waals surface area contributed by atoms with Crippen LogP contribution in [-0.4, -0.2) is 17.0 Å². The number of carbonyl (C=O) groups excluding carboxylic acids is 1. The summed E-state index contributed by atoms with van der Waals surface area (Å²) in [5.41, 5.74) is 5.77. The average molecular weight is 211 g/mol. The molecular weight excluding hydrogens is 202 g/mol. The summed E-state index contributed by atoms with van der Waals surface area (Å²) in [4.78, 5) is 21.1. The van der Waals surface area contributed by atoms with Gasteiger partial charge in [-0.1, -0.05) is 12.2 Å². The highest BCUT2D eigenvalue weighted by molar-refractivity contribution is 7.08. The highest BCUT2D eigenvalue weighted by atomic mass is 32.1. The molecule has 14 heavy (non-hydrogen) atoms. The molecule has 0 radical (unpaired) electrons. The number of carboxylic acids is 1. The normalized spacial score (nSPS) is 10.6. The Labute approximate surface area is 84.7 Å². The summed E-state index contributed by atoms with van der Waals surface area (Å²) in [7, 11) is 0. The van der Waals surface area contributed by atoms with Crippen molar-refractivity contribution in [3.63, 3.8) is 0 Å². The first-order chi connectivity index (χ1) is 6.61. The van der Waals surface area contributed by atoms with Crippen molar-refractivity contribution in [1.82, 2.24) is 0 Å². The van der Waals surface area contributed by atoms with Gasteiger partial charge in [0.2, 0.25) is 5.91 Å². The maximum atomic E-state index is 10.7. The molecule has 1 rings (SSSR count). The molecule has 0 saturated heterocycles. The molecule has 1 heterocycles. The van der Waals surface area contributed by atoms with E-state index in [0.717, 1.165) is 0 Å². The van der Waals surface area contributed by atoms with Crippen LogP contribution in [0.25, 0.3) is 6.08 Å². The zero-order valence-electron chi connectivity index (χ0n) is 7.27. The number of hydrogen-bond donors (Lipinski definition) is 2. The number of rotatable bonds is 4. The van der Waals surface area contributed by atoms with Gasteiger partial charge in [-0.15, -0.1) is 0 Å². The summed E-state index contributed by atoms with van der Waals surface area (Å²) in [5.74, 6) is -1.40. The van der Waals surface area contributed by atoms with Gasteiger partial charge in [0, 0.05) is 11.8 Å². The summed E-state index contributed by atoms with van der Waals surface area (Å²) in [6.45, 7) is 0. The Morgan fingerprint density at radius 1 is 1.50 bits per heavy atom. The molecule has 0 atom stereocenters. The standard InChI is InChI=1S/C9H9NO3S/c10-8(11)3-1-2-6-4-14-5-7(6)9(12)13/h1-2,4-5H,3H2,(H2,10,11)(H,12,13). The number of aromatic carboxylic acids is 1. The van der Waals surface area contributed by atoms with E-state index in [0.29, 0.717) is 5.56 Å². The van der Waals surface area contributed by atoms with Crippen molar-refractivity contribution >= 4 is 29.3 Å². The van der Waals surface area contributed by atoms with E-state index in [4.69, 9.17) is 10.8 Å². The largest absolute Gasteiger partial charge is 0.478 e. The van der Waals surface area contributed by atoms with Gasteiger partial charge in [0.25, 0.3) is 0 Å². The molecule has 0 bridgehead atoms. The number of nitrogens with two attached hydrogens (primary N) is 1. The van der Waals surface area contributed by atoms with Gasteiger partial charge in [-0.25, -0.2) is 4.79 Å². The maximum absolute atomic E-state index is 10.7. The molecule has 0 fully saturated rings. The number of carboxylic acid groups (broad SMARTS) is 1. The third kappa shape index (κ3) is 2.70. The summed E-state index contributed by atoms with van der Waals surface area (Å²) < 4.78 is 0. The Morgan fingerprint density at radius 3 is 2.79 bits per heavy atom. The van der Waals surface area contributed by atoms with Gasteiger partial charge in [-0.3, -0.25) is 4.79 Å². The maximum Gasteiger partial charge on any atom is 0.337 e. The Kier molecular flexibility index (Phi) is 3.41. The summed E-state index contributed by atoms with van der Waals surface area (Å²) in [5, 5.41) is 12.0. The zero-order chi connectivity index (χ0) is 10.6. The summed E-state index contributed by atoms with van der Waals surface area (Å²) in [6, 6.07) is 0. The van der Waals surface area contributed by atoms with Crippen molar-refractivity contribution in [3.8, 4) is 0 Å². The van der Waals surface area contributed by atoms with Gasteiger partial charge in [0.1, 0.15) is 0 Å². The minimum atomic E-state index is -0.968. The fourth-order valence-electron chi connectivity index (χ4n) is 0.912. The third-order valence-electron chi connectivity index (χ3n) is 1.54. The van der Waals surface area contributed by atoms with E-state index in [1.54, 1.807) is 22.9 Å². The zero-order valence-corrected chi connectivity index (χ0v) is 8.08. The smallest absolute Gasteiger partial charge is 0.337 e. The second kappa shape index (κ2) is 4.57. The lowest BCUT2D eigenvalue weighted by molar-refractivity contribution is -0.117. The highest BCUT2D eigenvalue weighted by Crippen LogP contribution is 2.16. The Hall–Kier alpha value is -1.62. The second-order valence-corrected chi connectivity index (χ2v) is 3.36. The van der Waals surface area contributed by atoms with Crippen LogP contribution in [0.4, 0.5) is 0 Å². The van der Waals surface area contributed by atoms with E-state index in [2.05, 4.69) is 0 Å². The van der Waals surface area contributed by atoms with E-state index in [1.165, 1.54) is 11.3 Å². The first kappa shape index (κ1) is 10.5. The van der Waals surface area contributed by atoms with E-state index < -0.39 is 11.9 Å². The minimum absolute atomic E-state index is 0.120. The van der Waals surface area contributed by atoms with Crippen LogP contribution in [0.2, 0.25) is 0 Å². The van der Waals surface area contributed by atoms with Crippen molar-refractivity contribution in [1.29, 1.82) is 0 Å². The third-order valence-corrected chi connectivity index (χ3v) is 2.30. The number of hydrogen-bond acceptors (Lipinski definition) is 3. The van der Waals surface area contributed by atoms with Gasteiger partial charge >= 0.3 is 5.97 Å². The van der Waals surface area contributed by atoms with Gasteiger partial charge in [-0.05, 0) is 10.9 Å². The van der Waals surface area contributed by atoms with Crippen molar-refractivity contribution in [3.05, 3.63) is 28.0 Å². The van der Waals surface area contributed by atoms with Crippen LogP contribution in [0.5, 0.6) is 0 Å². The van der Waals surface area contributed by atoms with Gasteiger partial charge in [-0.2, -0.15) is 11.3 Å². The van der Waals surface area contributed by atoms with Crippen molar-refractivity contribution in [2.45, 2.75) is 6.42 Å². The van der Waals surface area contributed by atoms with Gasteiger partial charge in [0.05, 0.1) is 5.56 Å². The number of primary amides is 1. The molecule has 1 amide bonds. The van der Waals surface area contributed by atoms with Gasteiger partial charge < -0.3 is 10.8 Å². The molecule has 74 valence electrons. The topological polar surface area (TPSA) is 80.4 Å². The van der Waals surface area contributed by atoms with Crippen LogP contribution in [0.1, 0.15) is 22.3 Å². The van der Waals surface area contributed by atoms with Crippen LogP contribution in [0, 0.1) is 0 Å². The molecule has 4 nitrogen and oxygen atoms in total. The van der Waals surface area contributed by atoms with Crippen LogP contribution < -0.4 is 5.73 Å². The molecule has 3 N–H and O–H groups in total. The Bertz CT molecular complexity index is 381. The Balaban J connectivity index is 2.76. The van der Waals surface area contributed by atoms with Crippen LogP contribution in [0.15, 0.2) is 16.8 Å². The molecule has 0 unspecified atom stereocenters. The lowest BCUT2D eigenvalue weighted by Gasteiger charge is -1.91. The average Bonchev–Trinajstić information content (AvgIpc) is 2.51. The van der Waals surface area contributed by atoms with Crippen molar-refractivity contribution < 1.29 is 14.7 Å². The van der Waals surface area contributed by atoms with Crippen LogP contribution in [0.3, 0.4) is 0 Å². The van der Waals surface area contributed by atoms with Crippen molar-refractivity contribution in [2.24, 2.45) is 5.73 Å². The molecule has 0 saturated carbocycles. The predicted octanol–water partition coefficient (Wildman–Crippen LogP) is 1.33. The molecule has 1 aromatic rings. The molecule has 0 aromatic carbocycles. The Morgan fingerprint density at radius 2 is 2.21 bits per heavy atom. The molecule has 0 aliphatic heterocycles. The summed E-state index contributed by atoms with van der Waals surface area (Å²) >= 11 is 1.31. The van der Waals surface area contributed by atoms with Crippen molar-refractivity contribution in [2.75, 3.05) is 0 Å². The van der Waals surface area contributed by atoms with Crippen LogP contribution in [-0.2, 0) is 4.79 Å². The fourth-order valence-corrected chi connectivity index (χ4v) is 1.71. The second-order valence-electron chi connectivity index (χ2n) is 2.62. The monoisotopic (exact) mass is 211 g/mol. The molecule has 0 aliphatic rings. The molecule has 0 aliphatic carbocycles. The summed E-state index contributed by atoms with van der Waals surface area (Å²) in [6.07, 6.45) is 3.26. The first-order valence-electron chi connectivity index (χ1n) is 3.85. The minimum Gasteiger partial charge on any atom is -0.478 e. The lowest BCUT2D eigenvalue weighted by atomic mass is 10.2. The SMILES string of the molecule is NC(=O)CC=Cc1cscc1C(=O)O. The van der Waals surface area contributed by atoms with E-state index in [-0.39, 0.29) is 12.0 Å². The van der Waals surface area contributed by atoms with Gasteiger partial charge in [0.15, 0.2) is 0 Å². The number of amides is 1. The molecule has 1 aromatic heterocycles. The quantitative estimate of drug-likeness (QED) is 0.788. The predicted molar refractivity (Wildman–Crippen MR) is 54.1 cm³/mol. The van der Waals surface area contributed by atoms with E-state index in [1.807, 2.05) is 0 Å². The molecular formula is C9H9NO3S. The fraction of sp³-hybridized carbons (Fsp3) is 0.111. The van der Waals surface area contributed by atoms with E-state index in [9.17, 15) is 9.59 Å². The first-order valence-corrected chi connectivity index (χ1v) is 4.80.